The summed E-state index contributed by atoms with van der Waals surface area (Å²) >= 11 is 0. The highest BCUT2D eigenvalue weighted by Crippen LogP contribution is 2.38. The predicted octanol–water partition coefficient (Wildman–Crippen LogP) is 5.42. The number of halogens is 4. The number of piperazine rings is 1. The van der Waals surface area contributed by atoms with Gasteiger partial charge in [-0.25, -0.2) is 4.39 Å². The van der Waals surface area contributed by atoms with Crippen molar-refractivity contribution in [3.05, 3.63) is 63.5 Å². The van der Waals surface area contributed by atoms with Gasteiger partial charge in [0.1, 0.15) is 29.8 Å². The van der Waals surface area contributed by atoms with Crippen LogP contribution in [0, 0.1) is 15.9 Å². The van der Waals surface area contributed by atoms with Crippen LogP contribution < -0.4 is 10.1 Å². The Kier molecular flexibility index (Phi) is 9.12. The number of hydrogen-bond acceptors (Lipinski definition) is 7. The third-order valence-corrected chi connectivity index (χ3v) is 8.62. The first-order valence-electron chi connectivity index (χ1n) is 14.6. The number of anilines is 1. The molecule has 2 aliphatic heterocycles. The second kappa shape index (κ2) is 12.7. The van der Waals surface area contributed by atoms with Gasteiger partial charge in [-0.2, -0.15) is 13.2 Å². The zero-order chi connectivity index (χ0) is 30.9. The second-order valence-electron chi connectivity index (χ2n) is 11.8. The van der Waals surface area contributed by atoms with Crippen molar-refractivity contribution in [1.29, 1.82) is 0 Å². The van der Waals surface area contributed by atoms with Gasteiger partial charge < -0.3 is 19.7 Å². The number of carbonyl (C=O) groups excluding carboxylic acids is 1. The van der Waals surface area contributed by atoms with E-state index in [9.17, 15) is 32.5 Å². The average molecular weight is 609 g/mol. The second-order valence-corrected chi connectivity index (χ2v) is 11.8. The Hall–Kier alpha value is -3.45. The van der Waals surface area contributed by atoms with E-state index in [0.717, 1.165) is 23.4 Å². The van der Waals surface area contributed by atoms with E-state index >= 15 is 0 Å². The van der Waals surface area contributed by atoms with Gasteiger partial charge in [0.15, 0.2) is 0 Å². The first-order chi connectivity index (χ1) is 20.4. The lowest BCUT2D eigenvalue weighted by Gasteiger charge is -2.44. The molecule has 13 heteroatoms. The number of nitrogens with zero attached hydrogens (tertiary/aromatic N) is 3. The first-order valence-corrected chi connectivity index (χ1v) is 14.6. The van der Waals surface area contributed by atoms with Crippen molar-refractivity contribution in [2.24, 2.45) is 0 Å². The average Bonchev–Trinajstić information content (AvgIpc) is 3.35. The molecule has 5 rings (SSSR count). The van der Waals surface area contributed by atoms with Gasteiger partial charge in [0, 0.05) is 61.5 Å². The minimum atomic E-state index is -4.83. The van der Waals surface area contributed by atoms with Crippen molar-refractivity contribution in [2.45, 2.75) is 82.5 Å². The lowest BCUT2D eigenvalue weighted by molar-refractivity contribution is -0.388. The Labute approximate surface area is 247 Å². The largest absolute Gasteiger partial charge is 0.488 e. The summed E-state index contributed by atoms with van der Waals surface area (Å²) in [6, 6.07) is 7.52. The SMILES string of the molecule is C[C@@H]1CN(CC2Cc3cc(F)ccc3O2)[C@@H](C)CN1C(=O)COC1CCC(Nc2ccc([N+](=O)[O-])c(C(F)(F)F)c2)CC1. The van der Waals surface area contributed by atoms with Gasteiger partial charge in [-0.1, -0.05) is 0 Å². The highest BCUT2D eigenvalue weighted by molar-refractivity contribution is 5.78. The molecule has 1 N–H and O–H groups in total. The zero-order valence-electron chi connectivity index (χ0n) is 24.1. The normalized spacial score (nSPS) is 26.1. The van der Waals surface area contributed by atoms with Gasteiger partial charge in [0.05, 0.1) is 11.0 Å². The summed E-state index contributed by atoms with van der Waals surface area (Å²) in [5, 5.41) is 14.1. The molecule has 2 aromatic carbocycles. The van der Waals surface area contributed by atoms with Crippen molar-refractivity contribution >= 4 is 17.3 Å². The van der Waals surface area contributed by atoms with Crippen LogP contribution in [0.15, 0.2) is 36.4 Å². The molecule has 1 unspecified atom stereocenters. The van der Waals surface area contributed by atoms with Crippen LogP contribution in [0.3, 0.4) is 0 Å². The summed E-state index contributed by atoms with van der Waals surface area (Å²) in [7, 11) is 0. The molecule has 1 amide bonds. The molecule has 0 spiro atoms. The summed E-state index contributed by atoms with van der Waals surface area (Å²) in [6.07, 6.45) is -1.85. The maximum atomic E-state index is 13.6. The van der Waals surface area contributed by atoms with Crippen molar-refractivity contribution < 1.29 is 36.8 Å². The van der Waals surface area contributed by atoms with Gasteiger partial charge in [0.25, 0.3) is 5.69 Å². The Balaban J connectivity index is 1.05. The fourth-order valence-electron chi connectivity index (χ4n) is 6.35. The van der Waals surface area contributed by atoms with E-state index in [0.29, 0.717) is 51.7 Å². The molecule has 43 heavy (non-hydrogen) atoms. The molecule has 1 saturated heterocycles. The number of rotatable bonds is 8. The number of alkyl halides is 3. The van der Waals surface area contributed by atoms with Gasteiger partial charge in [-0.3, -0.25) is 19.8 Å². The number of benzene rings is 2. The summed E-state index contributed by atoms with van der Waals surface area (Å²) in [6.45, 7) is 5.98. The molecule has 1 saturated carbocycles. The number of carbonyl (C=O) groups is 1. The predicted molar refractivity (Wildman–Crippen MR) is 150 cm³/mol. The summed E-state index contributed by atoms with van der Waals surface area (Å²) < 4.78 is 65.5. The molecule has 2 aromatic rings. The number of ether oxygens (including phenoxy) is 2. The molecule has 1 aliphatic carbocycles. The third kappa shape index (κ3) is 7.38. The number of nitrogens with one attached hydrogen (secondary N) is 1. The maximum absolute atomic E-state index is 13.6. The van der Waals surface area contributed by atoms with E-state index < -0.39 is 22.4 Å². The summed E-state index contributed by atoms with van der Waals surface area (Å²) in [4.78, 5) is 27.2. The van der Waals surface area contributed by atoms with E-state index in [1.54, 1.807) is 6.07 Å². The number of amides is 1. The van der Waals surface area contributed by atoms with Crippen LogP contribution >= 0.6 is 0 Å². The monoisotopic (exact) mass is 608 g/mol. The van der Waals surface area contributed by atoms with Crippen LogP contribution in [0.5, 0.6) is 5.75 Å². The van der Waals surface area contributed by atoms with Crippen LogP contribution in [0.2, 0.25) is 0 Å². The zero-order valence-corrected chi connectivity index (χ0v) is 24.1. The van der Waals surface area contributed by atoms with E-state index in [-0.39, 0.29) is 54.4 Å². The highest BCUT2D eigenvalue weighted by atomic mass is 19.4. The Morgan fingerprint density at radius 2 is 1.84 bits per heavy atom. The lowest BCUT2D eigenvalue weighted by atomic mass is 9.92. The highest BCUT2D eigenvalue weighted by Gasteiger charge is 2.39. The van der Waals surface area contributed by atoms with E-state index in [4.69, 9.17) is 9.47 Å². The molecule has 2 heterocycles. The lowest BCUT2D eigenvalue weighted by Crippen LogP contribution is -2.60. The number of nitro benzene ring substituents is 1. The topological polar surface area (TPSA) is 97.2 Å². The fourth-order valence-corrected chi connectivity index (χ4v) is 6.35. The Morgan fingerprint density at radius 1 is 1.09 bits per heavy atom. The fraction of sp³-hybridized carbons (Fsp3) is 0.567. The minimum Gasteiger partial charge on any atom is -0.488 e. The summed E-state index contributed by atoms with van der Waals surface area (Å²) in [5.41, 5.74) is -1.20. The van der Waals surface area contributed by atoms with Crippen LogP contribution in [-0.2, 0) is 22.1 Å². The molecule has 234 valence electrons. The molecular formula is C30H36F4N4O5. The smallest absolute Gasteiger partial charge is 0.423 e. The molecule has 0 bridgehead atoms. The van der Waals surface area contributed by atoms with Crippen LogP contribution in [0.4, 0.5) is 28.9 Å². The quantitative estimate of drug-likeness (QED) is 0.243. The van der Waals surface area contributed by atoms with Gasteiger partial charge in [-0.15, -0.1) is 0 Å². The third-order valence-electron chi connectivity index (χ3n) is 8.62. The van der Waals surface area contributed by atoms with Gasteiger partial charge in [-0.05, 0) is 69.9 Å². The number of nitro groups is 1. The molecule has 9 nitrogen and oxygen atoms in total. The van der Waals surface area contributed by atoms with E-state index in [1.807, 2.05) is 11.8 Å². The van der Waals surface area contributed by atoms with E-state index in [2.05, 4.69) is 17.1 Å². The molecular weight excluding hydrogens is 572 g/mol. The first kappa shape index (κ1) is 31.0. The maximum Gasteiger partial charge on any atom is 0.423 e. The molecule has 0 radical (unpaired) electrons. The number of hydrogen-bond donors (Lipinski definition) is 1. The van der Waals surface area contributed by atoms with Crippen LogP contribution in [0.1, 0.15) is 50.7 Å². The molecule has 0 aromatic heterocycles. The van der Waals surface area contributed by atoms with Gasteiger partial charge in [0.2, 0.25) is 5.91 Å². The standard InChI is InChI=1S/C30H36F4N4O5/c1-18-15-37(19(2)14-36(18)16-25-12-20-11-21(31)3-10-28(20)43-25)29(39)17-42-24-7-4-22(5-8-24)35-23-6-9-27(38(40)41)26(13-23)30(32,33)34/h3,6,9-11,13,18-19,22,24-25,35H,4-5,7-8,12,14-17H2,1-2H3/t18-,19+,22?,24?,25?/m0/s1. The Bertz CT molecular complexity index is 1330. The molecule has 3 aliphatic rings. The number of fused-ring (bicyclic) bond motifs is 1. The van der Waals surface area contributed by atoms with E-state index in [1.165, 1.54) is 18.2 Å². The molecule has 3 atom stereocenters. The van der Waals surface area contributed by atoms with Crippen molar-refractivity contribution in [3.8, 4) is 5.75 Å². The van der Waals surface area contributed by atoms with Gasteiger partial charge >= 0.3 is 6.18 Å². The molecule has 2 fully saturated rings. The minimum absolute atomic E-state index is 0.0169. The van der Waals surface area contributed by atoms with Crippen LogP contribution in [0.25, 0.3) is 0 Å². The van der Waals surface area contributed by atoms with Crippen LogP contribution in [-0.4, -0.2) is 77.2 Å². The van der Waals surface area contributed by atoms with Crippen molar-refractivity contribution in [2.75, 3.05) is 31.6 Å². The van der Waals surface area contributed by atoms with Crippen molar-refractivity contribution in [1.82, 2.24) is 9.80 Å². The van der Waals surface area contributed by atoms with Crippen molar-refractivity contribution in [3.63, 3.8) is 0 Å². The summed E-state index contributed by atoms with van der Waals surface area (Å²) in [5.74, 6) is 0.379. The Morgan fingerprint density at radius 3 is 2.53 bits per heavy atom.